The molecule has 1 heterocycles. The van der Waals surface area contributed by atoms with Crippen molar-refractivity contribution in [1.29, 1.82) is 0 Å². The molecule has 26 heavy (non-hydrogen) atoms. The number of hydrogen-bond donors (Lipinski definition) is 1. The summed E-state index contributed by atoms with van der Waals surface area (Å²) in [5.74, 6) is 1.00. The van der Waals surface area contributed by atoms with Gasteiger partial charge < -0.3 is 19.7 Å². The summed E-state index contributed by atoms with van der Waals surface area (Å²) in [6.07, 6.45) is 6.47. The Morgan fingerprint density at radius 1 is 1.35 bits per heavy atom. The molecule has 0 radical (unpaired) electrons. The van der Waals surface area contributed by atoms with Gasteiger partial charge in [-0.15, -0.1) is 0 Å². The number of hydrogen-bond acceptors (Lipinski definition) is 4. The van der Waals surface area contributed by atoms with Crippen LogP contribution >= 0.6 is 11.6 Å². The number of nitrogens with zero attached hydrogens (tertiary/aromatic N) is 1. The predicted molar refractivity (Wildman–Crippen MR) is 106 cm³/mol. The third kappa shape index (κ3) is 5.92. The molecule has 1 fully saturated rings. The first-order valence-corrected chi connectivity index (χ1v) is 9.66. The maximum absolute atomic E-state index is 12.2. The summed E-state index contributed by atoms with van der Waals surface area (Å²) < 4.78 is 10.8. The van der Waals surface area contributed by atoms with Gasteiger partial charge >= 0.3 is 0 Å². The zero-order chi connectivity index (χ0) is 18.9. The highest BCUT2D eigenvalue weighted by Crippen LogP contribution is 2.36. The molecule has 6 heteroatoms. The number of amides is 1. The zero-order valence-electron chi connectivity index (χ0n) is 15.9. The first kappa shape index (κ1) is 20.6. The third-order valence-electron chi connectivity index (χ3n) is 4.44. The van der Waals surface area contributed by atoms with Gasteiger partial charge in [-0.1, -0.05) is 18.5 Å². The van der Waals surface area contributed by atoms with Gasteiger partial charge in [0.1, 0.15) is 0 Å². The Hall–Kier alpha value is -1.72. The molecule has 2 rings (SSSR count). The number of carbonyl (C=O) groups is 1. The van der Waals surface area contributed by atoms with E-state index in [4.69, 9.17) is 21.1 Å². The van der Waals surface area contributed by atoms with E-state index >= 15 is 0 Å². The van der Waals surface area contributed by atoms with Crippen LogP contribution in [-0.4, -0.2) is 50.2 Å². The van der Waals surface area contributed by atoms with Crippen LogP contribution in [-0.2, 0) is 4.79 Å². The van der Waals surface area contributed by atoms with Crippen LogP contribution < -0.4 is 14.8 Å². The van der Waals surface area contributed by atoms with Crippen LogP contribution in [0.2, 0.25) is 5.02 Å². The largest absolute Gasteiger partial charge is 0.491 e. The molecule has 1 saturated heterocycles. The fourth-order valence-corrected chi connectivity index (χ4v) is 3.48. The van der Waals surface area contributed by atoms with E-state index in [1.54, 1.807) is 25.3 Å². The summed E-state index contributed by atoms with van der Waals surface area (Å²) in [5.41, 5.74) is 0.798. The first-order chi connectivity index (χ1) is 12.6. The van der Waals surface area contributed by atoms with Crippen LogP contribution in [0.25, 0.3) is 6.08 Å². The molecule has 0 atom stereocenters. The van der Waals surface area contributed by atoms with Crippen LogP contribution in [0.4, 0.5) is 0 Å². The minimum Gasteiger partial charge on any atom is -0.491 e. The molecule has 5 nitrogen and oxygen atoms in total. The molecule has 0 bridgehead atoms. The molecule has 0 saturated carbocycles. The number of carbonyl (C=O) groups excluding carboxylic acids is 1. The molecular weight excluding hydrogens is 352 g/mol. The molecule has 1 N–H and O–H groups in total. The normalized spacial score (nSPS) is 16.0. The minimum absolute atomic E-state index is 0.0798. The highest BCUT2D eigenvalue weighted by molar-refractivity contribution is 6.32. The van der Waals surface area contributed by atoms with Gasteiger partial charge in [0.05, 0.1) is 18.7 Å². The molecule has 0 spiro atoms. The van der Waals surface area contributed by atoms with Crippen molar-refractivity contribution in [2.45, 2.75) is 39.2 Å². The Morgan fingerprint density at radius 2 is 2.08 bits per heavy atom. The highest BCUT2D eigenvalue weighted by Gasteiger charge is 2.19. The van der Waals surface area contributed by atoms with Gasteiger partial charge in [0, 0.05) is 25.2 Å². The summed E-state index contributed by atoms with van der Waals surface area (Å²) in [4.78, 5) is 14.7. The molecule has 1 aliphatic rings. The number of methoxy groups -OCH3 is 1. The quantitative estimate of drug-likeness (QED) is 0.698. The van der Waals surface area contributed by atoms with Gasteiger partial charge in [0.25, 0.3) is 0 Å². The van der Waals surface area contributed by atoms with Crippen molar-refractivity contribution in [1.82, 2.24) is 10.2 Å². The van der Waals surface area contributed by atoms with Crippen molar-refractivity contribution in [2.75, 3.05) is 33.4 Å². The second-order valence-corrected chi connectivity index (χ2v) is 6.83. The van der Waals surface area contributed by atoms with Crippen LogP contribution in [0.1, 0.15) is 38.7 Å². The van der Waals surface area contributed by atoms with E-state index in [2.05, 4.69) is 17.1 Å². The van der Waals surface area contributed by atoms with Crippen molar-refractivity contribution >= 4 is 23.6 Å². The van der Waals surface area contributed by atoms with E-state index in [1.807, 2.05) is 13.0 Å². The molecule has 1 aromatic carbocycles. The minimum atomic E-state index is -0.0798. The second kappa shape index (κ2) is 10.4. The Balaban J connectivity index is 1.93. The average Bonchev–Trinajstić information content (AvgIpc) is 2.62. The molecule has 1 aromatic rings. The number of piperidine rings is 1. The number of halogens is 1. The molecule has 0 aliphatic carbocycles. The average molecular weight is 381 g/mol. The lowest BCUT2D eigenvalue weighted by molar-refractivity contribution is -0.117. The predicted octanol–water partition coefficient (Wildman–Crippen LogP) is 3.75. The number of nitrogens with one attached hydrogen (secondary N) is 1. The van der Waals surface area contributed by atoms with Gasteiger partial charge in [0.2, 0.25) is 5.91 Å². The van der Waals surface area contributed by atoms with Gasteiger partial charge in [-0.3, -0.25) is 4.79 Å². The summed E-state index contributed by atoms with van der Waals surface area (Å²) >= 11 is 6.24. The maximum atomic E-state index is 12.2. The van der Waals surface area contributed by atoms with Crippen LogP contribution in [0, 0.1) is 0 Å². The topological polar surface area (TPSA) is 50.8 Å². The van der Waals surface area contributed by atoms with Gasteiger partial charge in [-0.25, -0.2) is 0 Å². The number of benzene rings is 1. The summed E-state index contributed by atoms with van der Waals surface area (Å²) in [6, 6.07) is 3.83. The first-order valence-electron chi connectivity index (χ1n) is 9.28. The van der Waals surface area contributed by atoms with E-state index in [1.165, 1.54) is 6.42 Å². The van der Waals surface area contributed by atoms with Gasteiger partial charge in [-0.05, 0) is 56.5 Å². The molecule has 1 aliphatic heterocycles. The van der Waals surface area contributed by atoms with Crippen LogP contribution in [0.3, 0.4) is 0 Å². The Labute approximate surface area is 161 Å². The van der Waals surface area contributed by atoms with E-state index in [0.29, 0.717) is 23.1 Å². The molecule has 144 valence electrons. The van der Waals surface area contributed by atoms with Crippen molar-refractivity contribution < 1.29 is 14.3 Å². The smallest absolute Gasteiger partial charge is 0.244 e. The number of likely N-dealkylation sites (tertiary alicyclic amines) is 1. The molecule has 0 unspecified atom stereocenters. The second-order valence-electron chi connectivity index (χ2n) is 6.42. The Kier molecular flexibility index (Phi) is 8.26. The van der Waals surface area contributed by atoms with E-state index in [-0.39, 0.29) is 11.9 Å². The van der Waals surface area contributed by atoms with Crippen LogP contribution in [0.15, 0.2) is 18.2 Å². The maximum Gasteiger partial charge on any atom is 0.244 e. The van der Waals surface area contributed by atoms with Crippen molar-refractivity contribution in [2.24, 2.45) is 0 Å². The van der Waals surface area contributed by atoms with Crippen molar-refractivity contribution in [3.8, 4) is 11.5 Å². The lowest BCUT2D eigenvalue weighted by atomic mass is 10.0. The molecular formula is C20H29ClN2O3. The number of ether oxygens (including phenoxy) is 2. The summed E-state index contributed by atoms with van der Waals surface area (Å²) in [6.45, 7) is 7.84. The third-order valence-corrected chi connectivity index (χ3v) is 4.72. The monoisotopic (exact) mass is 380 g/mol. The SMILES string of the molecule is CCCN1CCC(NC(=O)/C=C/c2cc(Cl)c(OC)c(OCC)c2)CC1. The summed E-state index contributed by atoms with van der Waals surface area (Å²) in [7, 11) is 1.55. The fourth-order valence-electron chi connectivity index (χ4n) is 3.18. The van der Waals surface area contributed by atoms with Gasteiger partial charge in [0.15, 0.2) is 11.5 Å². The molecule has 1 amide bonds. The van der Waals surface area contributed by atoms with Crippen LogP contribution in [0.5, 0.6) is 11.5 Å². The van der Waals surface area contributed by atoms with Crippen molar-refractivity contribution in [3.63, 3.8) is 0 Å². The Morgan fingerprint density at radius 3 is 2.69 bits per heavy atom. The lowest BCUT2D eigenvalue weighted by Gasteiger charge is -2.31. The molecule has 0 aromatic heterocycles. The highest BCUT2D eigenvalue weighted by atomic mass is 35.5. The fraction of sp³-hybridized carbons (Fsp3) is 0.550. The van der Waals surface area contributed by atoms with E-state index in [0.717, 1.165) is 38.0 Å². The van der Waals surface area contributed by atoms with E-state index < -0.39 is 0 Å². The number of rotatable bonds is 8. The zero-order valence-corrected chi connectivity index (χ0v) is 16.6. The van der Waals surface area contributed by atoms with Crippen molar-refractivity contribution in [3.05, 3.63) is 28.8 Å². The standard InChI is InChI=1S/C20H29ClN2O3/c1-4-10-23-11-8-16(9-12-23)22-19(24)7-6-15-13-17(21)20(25-3)18(14-15)26-5-2/h6-7,13-14,16H,4-5,8-12H2,1-3H3,(H,22,24)/b7-6+. The van der Waals surface area contributed by atoms with E-state index in [9.17, 15) is 4.79 Å². The Bertz CT molecular complexity index is 626. The lowest BCUT2D eigenvalue weighted by Crippen LogP contribution is -2.44. The van der Waals surface area contributed by atoms with Gasteiger partial charge in [-0.2, -0.15) is 0 Å². The summed E-state index contributed by atoms with van der Waals surface area (Å²) in [5, 5.41) is 3.55.